The van der Waals surface area contributed by atoms with Gasteiger partial charge in [0.1, 0.15) is 5.60 Å². The predicted molar refractivity (Wildman–Crippen MR) is 65.6 cm³/mol. The third kappa shape index (κ3) is 3.85. The molecule has 0 aromatic heterocycles. The molecule has 0 aromatic carbocycles. The molecule has 0 radical (unpaired) electrons. The van der Waals surface area contributed by atoms with Crippen LogP contribution in [0.4, 0.5) is 4.79 Å². The van der Waals surface area contributed by atoms with E-state index in [4.69, 9.17) is 10.5 Å². The van der Waals surface area contributed by atoms with Crippen LogP contribution in [0.1, 0.15) is 33.6 Å². The highest BCUT2D eigenvalue weighted by atomic mass is 16.6. The summed E-state index contributed by atoms with van der Waals surface area (Å²) in [6, 6.07) is 0. The first kappa shape index (κ1) is 14.3. The Hall–Kier alpha value is -0.810. The molecule has 0 aliphatic carbocycles. The fraction of sp³-hybridized carbons (Fsp3) is 0.917. The van der Waals surface area contributed by atoms with Gasteiger partial charge in [0.25, 0.3) is 0 Å². The van der Waals surface area contributed by atoms with Crippen LogP contribution in [-0.2, 0) is 4.74 Å². The van der Waals surface area contributed by atoms with Crippen LogP contribution in [0, 0.1) is 5.41 Å². The van der Waals surface area contributed by atoms with Crippen LogP contribution >= 0.6 is 0 Å². The molecule has 1 amide bonds. The van der Waals surface area contributed by atoms with Crippen molar-refractivity contribution < 1.29 is 14.6 Å². The van der Waals surface area contributed by atoms with E-state index < -0.39 is 5.60 Å². The molecule has 17 heavy (non-hydrogen) atoms. The Kier molecular flexibility index (Phi) is 4.38. The van der Waals surface area contributed by atoms with E-state index in [9.17, 15) is 9.90 Å². The lowest BCUT2D eigenvalue weighted by atomic mass is 9.81. The topological polar surface area (TPSA) is 75.8 Å². The summed E-state index contributed by atoms with van der Waals surface area (Å²) in [7, 11) is 0. The average molecular weight is 244 g/mol. The Labute approximate surface area is 103 Å². The molecule has 1 rings (SSSR count). The molecule has 1 saturated heterocycles. The van der Waals surface area contributed by atoms with Crippen LogP contribution in [0.25, 0.3) is 0 Å². The third-order valence-corrected chi connectivity index (χ3v) is 3.08. The maximum absolute atomic E-state index is 11.9. The van der Waals surface area contributed by atoms with Gasteiger partial charge in [-0.15, -0.1) is 0 Å². The zero-order chi connectivity index (χ0) is 13.1. The first-order valence-electron chi connectivity index (χ1n) is 6.11. The molecule has 1 fully saturated rings. The van der Waals surface area contributed by atoms with Crippen LogP contribution in [0.15, 0.2) is 0 Å². The standard InChI is InChI=1S/C12H24N2O3/c1-11(2,3)17-10(16)14-6-4-5-12(7-13,8-14)9-15/h15H,4-9,13H2,1-3H3/t12-/m0/s1. The summed E-state index contributed by atoms with van der Waals surface area (Å²) >= 11 is 0. The number of rotatable bonds is 2. The Morgan fingerprint density at radius 1 is 1.53 bits per heavy atom. The molecular weight excluding hydrogens is 220 g/mol. The Morgan fingerprint density at radius 3 is 2.65 bits per heavy atom. The highest BCUT2D eigenvalue weighted by Gasteiger charge is 2.37. The first-order chi connectivity index (χ1) is 7.82. The first-order valence-corrected chi connectivity index (χ1v) is 6.11. The van der Waals surface area contributed by atoms with E-state index in [2.05, 4.69) is 0 Å². The van der Waals surface area contributed by atoms with Gasteiger partial charge in [-0.25, -0.2) is 4.79 Å². The van der Waals surface area contributed by atoms with Crippen LogP contribution < -0.4 is 5.73 Å². The van der Waals surface area contributed by atoms with Crippen molar-refractivity contribution in [3.05, 3.63) is 0 Å². The molecule has 100 valence electrons. The SMILES string of the molecule is CC(C)(C)OC(=O)N1CCC[C@@](CN)(CO)C1. The van der Waals surface area contributed by atoms with E-state index in [0.717, 1.165) is 12.8 Å². The number of nitrogens with two attached hydrogens (primary N) is 1. The van der Waals surface area contributed by atoms with Gasteiger partial charge in [-0.1, -0.05) is 0 Å². The monoisotopic (exact) mass is 244 g/mol. The second-order valence-corrected chi connectivity index (χ2v) is 5.87. The molecule has 1 aliphatic heterocycles. The van der Waals surface area contributed by atoms with E-state index in [0.29, 0.717) is 19.6 Å². The van der Waals surface area contributed by atoms with E-state index >= 15 is 0 Å². The summed E-state index contributed by atoms with van der Waals surface area (Å²) < 4.78 is 5.32. The molecule has 3 N–H and O–H groups in total. The van der Waals surface area contributed by atoms with Crippen LogP contribution in [0.5, 0.6) is 0 Å². The van der Waals surface area contributed by atoms with Gasteiger partial charge in [0.2, 0.25) is 0 Å². The Morgan fingerprint density at radius 2 is 2.18 bits per heavy atom. The van der Waals surface area contributed by atoms with Gasteiger partial charge < -0.3 is 20.5 Å². The molecule has 0 spiro atoms. The molecule has 1 atom stereocenters. The van der Waals surface area contributed by atoms with E-state index in [1.807, 2.05) is 20.8 Å². The summed E-state index contributed by atoms with van der Waals surface area (Å²) in [6.45, 7) is 7.10. The lowest BCUT2D eigenvalue weighted by molar-refractivity contribution is -0.00590. The number of hydrogen-bond donors (Lipinski definition) is 2. The average Bonchev–Trinajstić information content (AvgIpc) is 2.27. The summed E-state index contributed by atoms with van der Waals surface area (Å²) in [4.78, 5) is 13.6. The molecule has 5 nitrogen and oxygen atoms in total. The Bertz CT molecular complexity index is 269. The minimum Gasteiger partial charge on any atom is -0.444 e. The number of likely N-dealkylation sites (tertiary alicyclic amines) is 1. The van der Waals surface area contributed by atoms with Gasteiger partial charge in [0.15, 0.2) is 0 Å². The lowest BCUT2D eigenvalue weighted by Crippen LogP contribution is -2.52. The number of aliphatic hydroxyl groups is 1. The molecule has 1 heterocycles. The number of amides is 1. The quantitative estimate of drug-likeness (QED) is 0.758. The summed E-state index contributed by atoms with van der Waals surface area (Å²) in [5.41, 5.74) is 4.86. The number of carbonyl (C=O) groups is 1. The maximum Gasteiger partial charge on any atom is 0.410 e. The van der Waals surface area contributed by atoms with Crippen molar-refractivity contribution >= 4 is 6.09 Å². The summed E-state index contributed by atoms with van der Waals surface area (Å²) in [5, 5.41) is 9.41. The maximum atomic E-state index is 11.9. The van der Waals surface area contributed by atoms with Crippen LogP contribution in [0.2, 0.25) is 0 Å². The molecule has 0 saturated carbocycles. The van der Waals surface area contributed by atoms with Crippen molar-refractivity contribution in [2.75, 3.05) is 26.2 Å². The van der Waals surface area contributed by atoms with Crippen LogP contribution in [-0.4, -0.2) is 47.9 Å². The van der Waals surface area contributed by atoms with Gasteiger partial charge in [-0.05, 0) is 33.6 Å². The zero-order valence-corrected chi connectivity index (χ0v) is 11.0. The number of carbonyl (C=O) groups excluding carboxylic acids is 1. The third-order valence-electron chi connectivity index (χ3n) is 3.08. The lowest BCUT2D eigenvalue weighted by Gasteiger charge is -2.41. The van der Waals surface area contributed by atoms with Crippen molar-refractivity contribution in [1.29, 1.82) is 0 Å². The fourth-order valence-electron chi connectivity index (χ4n) is 2.05. The van der Waals surface area contributed by atoms with Gasteiger partial charge in [-0.2, -0.15) is 0 Å². The predicted octanol–water partition coefficient (Wildman–Crippen LogP) is 0.955. The number of aliphatic hydroxyl groups excluding tert-OH is 1. The van der Waals surface area contributed by atoms with Crippen molar-refractivity contribution in [1.82, 2.24) is 4.90 Å². The summed E-state index contributed by atoms with van der Waals surface area (Å²) in [5.74, 6) is 0. The van der Waals surface area contributed by atoms with Crippen molar-refractivity contribution in [2.45, 2.75) is 39.2 Å². The fourth-order valence-corrected chi connectivity index (χ4v) is 2.05. The minimum absolute atomic E-state index is 0.0167. The van der Waals surface area contributed by atoms with Crippen molar-refractivity contribution in [2.24, 2.45) is 11.1 Å². The second kappa shape index (κ2) is 5.23. The Balaban J connectivity index is 2.63. The zero-order valence-electron chi connectivity index (χ0n) is 11.0. The van der Waals surface area contributed by atoms with Gasteiger partial charge in [0, 0.05) is 25.0 Å². The van der Waals surface area contributed by atoms with Gasteiger partial charge in [-0.3, -0.25) is 0 Å². The smallest absolute Gasteiger partial charge is 0.410 e. The van der Waals surface area contributed by atoms with Gasteiger partial charge in [0.05, 0.1) is 6.61 Å². The van der Waals surface area contributed by atoms with Crippen molar-refractivity contribution in [3.63, 3.8) is 0 Å². The minimum atomic E-state index is -0.487. The van der Waals surface area contributed by atoms with E-state index in [-0.39, 0.29) is 18.1 Å². The normalized spacial score (nSPS) is 25.8. The molecular formula is C12H24N2O3. The van der Waals surface area contributed by atoms with E-state index in [1.165, 1.54) is 0 Å². The second-order valence-electron chi connectivity index (χ2n) is 5.87. The number of nitrogens with zero attached hydrogens (tertiary/aromatic N) is 1. The van der Waals surface area contributed by atoms with Gasteiger partial charge >= 0.3 is 6.09 Å². The number of piperidine rings is 1. The van der Waals surface area contributed by atoms with Crippen LogP contribution in [0.3, 0.4) is 0 Å². The molecule has 0 aromatic rings. The van der Waals surface area contributed by atoms with Crippen molar-refractivity contribution in [3.8, 4) is 0 Å². The number of hydrogen-bond acceptors (Lipinski definition) is 4. The molecule has 0 unspecified atom stereocenters. The molecule has 5 heteroatoms. The molecule has 1 aliphatic rings. The van der Waals surface area contributed by atoms with E-state index in [1.54, 1.807) is 4.90 Å². The summed E-state index contributed by atoms with van der Waals surface area (Å²) in [6.07, 6.45) is 1.40. The molecule has 0 bridgehead atoms. The largest absolute Gasteiger partial charge is 0.444 e. The highest BCUT2D eigenvalue weighted by molar-refractivity contribution is 5.68. The highest BCUT2D eigenvalue weighted by Crippen LogP contribution is 2.29. The number of ether oxygens (including phenoxy) is 1.